The third kappa shape index (κ3) is 4.00. The largest absolute Gasteiger partial charge is 0.457 e. The molecule has 0 spiro atoms. The zero-order chi connectivity index (χ0) is 16.8. The van der Waals surface area contributed by atoms with Crippen molar-refractivity contribution in [2.45, 2.75) is 6.04 Å². The van der Waals surface area contributed by atoms with Crippen LogP contribution in [0.3, 0.4) is 0 Å². The first kappa shape index (κ1) is 15.8. The number of rotatable bonds is 5. The molecule has 24 heavy (non-hydrogen) atoms. The summed E-state index contributed by atoms with van der Waals surface area (Å²) in [5, 5.41) is 2.81. The van der Waals surface area contributed by atoms with E-state index in [-0.39, 0.29) is 5.91 Å². The third-order valence-corrected chi connectivity index (χ3v) is 3.54. The molecule has 4 nitrogen and oxygen atoms in total. The number of ether oxygens (including phenoxy) is 1. The number of nitrogens with one attached hydrogen (secondary N) is 1. The summed E-state index contributed by atoms with van der Waals surface area (Å²) in [5.74, 6) is 1.21. The molecule has 1 atom stereocenters. The molecule has 0 saturated carbocycles. The van der Waals surface area contributed by atoms with Gasteiger partial charge in [-0.2, -0.15) is 0 Å². The number of anilines is 1. The molecule has 0 saturated heterocycles. The van der Waals surface area contributed by atoms with Gasteiger partial charge < -0.3 is 15.8 Å². The van der Waals surface area contributed by atoms with Crippen LogP contribution in [0, 0.1) is 0 Å². The van der Waals surface area contributed by atoms with Crippen LogP contribution in [0.25, 0.3) is 0 Å². The van der Waals surface area contributed by atoms with Crippen molar-refractivity contribution in [2.24, 2.45) is 5.73 Å². The van der Waals surface area contributed by atoms with Crippen molar-refractivity contribution in [3.05, 3.63) is 90.5 Å². The molecule has 4 heteroatoms. The fourth-order valence-electron chi connectivity index (χ4n) is 2.26. The van der Waals surface area contributed by atoms with Crippen LogP contribution in [0.5, 0.6) is 11.5 Å². The summed E-state index contributed by atoms with van der Waals surface area (Å²) in [6.07, 6.45) is 0. The zero-order valence-corrected chi connectivity index (χ0v) is 13.1. The van der Waals surface area contributed by atoms with Gasteiger partial charge in [0, 0.05) is 5.69 Å². The molecule has 3 aromatic carbocycles. The van der Waals surface area contributed by atoms with Crippen molar-refractivity contribution in [1.29, 1.82) is 0 Å². The standard InChI is InChI=1S/C20H18N2O2/c21-19(15-7-3-1-4-8-15)20(23)22-16-11-13-18(14-12-16)24-17-9-5-2-6-10-17/h1-14,19H,21H2,(H,22,23)/t19-/m0/s1. The maximum absolute atomic E-state index is 12.2. The lowest BCUT2D eigenvalue weighted by molar-refractivity contribution is -0.117. The van der Waals surface area contributed by atoms with E-state index >= 15 is 0 Å². The Bertz CT molecular complexity index is 787. The first-order valence-electron chi connectivity index (χ1n) is 7.67. The van der Waals surface area contributed by atoms with Crippen molar-refractivity contribution >= 4 is 11.6 Å². The van der Waals surface area contributed by atoms with Gasteiger partial charge in [-0.25, -0.2) is 0 Å². The van der Waals surface area contributed by atoms with Crippen molar-refractivity contribution in [1.82, 2.24) is 0 Å². The first-order chi connectivity index (χ1) is 11.7. The highest BCUT2D eigenvalue weighted by Crippen LogP contribution is 2.23. The highest BCUT2D eigenvalue weighted by Gasteiger charge is 2.15. The van der Waals surface area contributed by atoms with Gasteiger partial charge in [-0.1, -0.05) is 48.5 Å². The molecule has 1 amide bonds. The van der Waals surface area contributed by atoms with E-state index in [2.05, 4.69) is 5.32 Å². The summed E-state index contributed by atoms with van der Waals surface area (Å²) in [5.41, 5.74) is 7.43. The lowest BCUT2D eigenvalue weighted by Crippen LogP contribution is -2.27. The summed E-state index contributed by atoms with van der Waals surface area (Å²) in [7, 11) is 0. The van der Waals surface area contributed by atoms with Gasteiger partial charge in [-0.05, 0) is 42.0 Å². The topological polar surface area (TPSA) is 64.4 Å². The maximum atomic E-state index is 12.2. The Balaban J connectivity index is 1.62. The van der Waals surface area contributed by atoms with Gasteiger partial charge in [0.25, 0.3) is 0 Å². The third-order valence-electron chi connectivity index (χ3n) is 3.54. The summed E-state index contributed by atoms with van der Waals surface area (Å²) in [6, 6.07) is 25.3. The van der Waals surface area contributed by atoms with Gasteiger partial charge >= 0.3 is 0 Å². The molecule has 0 bridgehead atoms. The number of amides is 1. The fourth-order valence-corrected chi connectivity index (χ4v) is 2.26. The van der Waals surface area contributed by atoms with Gasteiger partial charge in [-0.3, -0.25) is 4.79 Å². The normalized spacial score (nSPS) is 11.5. The Morgan fingerprint density at radius 1 is 0.792 bits per heavy atom. The van der Waals surface area contributed by atoms with Gasteiger partial charge in [0.2, 0.25) is 5.91 Å². The second kappa shape index (κ2) is 7.44. The smallest absolute Gasteiger partial charge is 0.245 e. The van der Waals surface area contributed by atoms with Crippen LogP contribution in [0.2, 0.25) is 0 Å². The molecule has 0 radical (unpaired) electrons. The maximum Gasteiger partial charge on any atom is 0.245 e. The van der Waals surface area contributed by atoms with E-state index in [1.807, 2.05) is 60.7 Å². The van der Waals surface area contributed by atoms with Crippen LogP contribution in [-0.2, 0) is 4.79 Å². The molecule has 0 heterocycles. The average Bonchev–Trinajstić information content (AvgIpc) is 2.64. The minimum Gasteiger partial charge on any atom is -0.457 e. The minimum absolute atomic E-state index is 0.252. The number of benzene rings is 3. The fraction of sp³-hybridized carbons (Fsp3) is 0.0500. The molecular weight excluding hydrogens is 300 g/mol. The molecule has 3 rings (SSSR count). The number of nitrogens with two attached hydrogens (primary N) is 1. The van der Waals surface area contributed by atoms with Gasteiger partial charge in [0.15, 0.2) is 0 Å². The van der Waals surface area contributed by atoms with Crippen LogP contribution < -0.4 is 15.8 Å². The van der Waals surface area contributed by atoms with E-state index in [4.69, 9.17) is 10.5 Å². The Morgan fingerprint density at radius 2 is 1.33 bits per heavy atom. The molecule has 3 N–H and O–H groups in total. The predicted molar refractivity (Wildman–Crippen MR) is 95.0 cm³/mol. The summed E-state index contributed by atoms with van der Waals surface area (Å²) in [6.45, 7) is 0. The van der Waals surface area contributed by atoms with Crippen LogP contribution in [0.15, 0.2) is 84.9 Å². The second-order valence-corrected chi connectivity index (χ2v) is 5.32. The monoisotopic (exact) mass is 318 g/mol. The van der Waals surface area contributed by atoms with E-state index in [0.717, 1.165) is 11.3 Å². The first-order valence-corrected chi connectivity index (χ1v) is 7.67. The molecule has 3 aromatic rings. The van der Waals surface area contributed by atoms with Crippen LogP contribution >= 0.6 is 0 Å². The lowest BCUT2D eigenvalue weighted by atomic mass is 10.1. The predicted octanol–water partition coefficient (Wildman–Crippen LogP) is 4.12. The number of hydrogen-bond acceptors (Lipinski definition) is 3. The average molecular weight is 318 g/mol. The SMILES string of the molecule is N[C@H](C(=O)Nc1ccc(Oc2ccccc2)cc1)c1ccccc1. The van der Waals surface area contributed by atoms with Crippen LogP contribution in [0.4, 0.5) is 5.69 Å². The zero-order valence-electron chi connectivity index (χ0n) is 13.1. The molecule has 0 unspecified atom stereocenters. The van der Waals surface area contributed by atoms with E-state index in [1.165, 1.54) is 0 Å². The summed E-state index contributed by atoms with van der Waals surface area (Å²) < 4.78 is 5.72. The number of carbonyl (C=O) groups excluding carboxylic acids is 1. The van der Waals surface area contributed by atoms with E-state index in [9.17, 15) is 4.79 Å². The Hall–Kier alpha value is -3.11. The van der Waals surface area contributed by atoms with E-state index in [0.29, 0.717) is 11.4 Å². The lowest BCUT2D eigenvalue weighted by Gasteiger charge is -2.13. The number of hydrogen-bond donors (Lipinski definition) is 2. The molecule has 0 aromatic heterocycles. The van der Waals surface area contributed by atoms with E-state index < -0.39 is 6.04 Å². The molecule has 0 fully saturated rings. The quantitative estimate of drug-likeness (QED) is 0.744. The summed E-state index contributed by atoms with van der Waals surface area (Å²) >= 11 is 0. The Labute approximate surface area is 140 Å². The summed E-state index contributed by atoms with van der Waals surface area (Å²) in [4.78, 5) is 12.2. The van der Waals surface area contributed by atoms with Crippen LogP contribution in [-0.4, -0.2) is 5.91 Å². The number of carbonyl (C=O) groups is 1. The highest BCUT2D eigenvalue weighted by molar-refractivity contribution is 5.95. The minimum atomic E-state index is -0.702. The van der Waals surface area contributed by atoms with Crippen molar-refractivity contribution in [3.8, 4) is 11.5 Å². The van der Waals surface area contributed by atoms with Crippen molar-refractivity contribution in [2.75, 3.05) is 5.32 Å². The second-order valence-electron chi connectivity index (χ2n) is 5.32. The molecule has 0 aliphatic heterocycles. The molecule has 120 valence electrons. The van der Waals surface area contributed by atoms with Crippen LogP contribution in [0.1, 0.15) is 11.6 Å². The molecule has 0 aliphatic carbocycles. The van der Waals surface area contributed by atoms with Gasteiger partial charge in [0.1, 0.15) is 17.5 Å². The van der Waals surface area contributed by atoms with Crippen molar-refractivity contribution < 1.29 is 9.53 Å². The molecular formula is C20H18N2O2. The molecule has 0 aliphatic rings. The Morgan fingerprint density at radius 3 is 1.96 bits per heavy atom. The van der Waals surface area contributed by atoms with E-state index in [1.54, 1.807) is 24.3 Å². The van der Waals surface area contributed by atoms with Gasteiger partial charge in [0.05, 0.1) is 0 Å². The van der Waals surface area contributed by atoms with Crippen molar-refractivity contribution in [3.63, 3.8) is 0 Å². The number of para-hydroxylation sites is 1. The highest BCUT2D eigenvalue weighted by atomic mass is 16.5. The Kier molecular flexibility index (Phi) is 4.89. The van der Waals surface area contributed by atoms with Gasteiger partial charge in [-0.15, -0.1) is 0 Å².